The van der Waals surface area contributed by atoms with Gasteiger partial charge in [0.2, 0.25) is 11.8 Å². The normalized spacial score (nSPS) is 17.8. The minimum Gasteiger partial charge on any atom is -0.383 e. The third-order valence-corrected chi connectivity index (χ3v) is 3.77. The van der Waals surface area contributed by atoms with Crippen LogP contribution in [0.4, 0.5) is 4.39 Å². The summed E-state index contributed by atoms with van der Waals surface area (Å²) in [5, 5.41) is 2.76. The van der Waals surface area contributed by atoms with Gasteiger partial charge in [-0.05, 0) is 24.1 Å². The van der Waals surface area contributed by atoms with Crippen molar-refractivity contribution in [2.45, 2.75) is 12.8 Å². The number of methoxy groups -OCH3 is 1. The number of amides is 2. The van der Waals surface area contributed by atoms with Crippen LogP contribution < -0.4 is 5.32 Å². The molecule has 0 saturated carbocycles. The zero-order valence-electron chi connectivity index (χ0n) is 12.7. The Bertz CT molecular complexity index is 519. The van der Waals surface area contributed by atoms with Crippen LogP contribution in [-0.2, 0) is 20.7 Å². The van der Waals surface area contributed by atoms with E-state index in [0.29, 0.717) is 32.7 Å². The van der Waals surface area contributed by atoms with Crippen LogP contribution in [0.2, 0.25) is 0 Å². The van der Waals surface area contributed by atoms with Crippen molar-refractivity contribution in [2.24, 2.45) is 5.92 Å². The zero-order valence-corrected chi connectivity index (χ0v) is 12.7. The molecule has 0 aromatic heterocycles. The van der Waals surface area contributed by atoms with Gasteiger partial charge in [-0.3, -0.25) is 9.59 Å². The van der Waals surface area contributed by atoms with Gasteiger partial charge >= 0.3 is 0 Å². The number of likely N-dealkylation sites (tertiary alicyclic amines) is 1. The summed E-state index contributed by atoms with van der Waals surface area (Å²) >= 11 is 0. The molecule has 2 rings (SSSR count). The highest BCUT2D eigenvalue weighted by Crippen LogP contribution is 2.18. The van der Waals surface area contributed by atoms with E-state index in [1.54, 1.807) is 24.1 Å². The van der Waals surface area contributed by atoms with Crippen molar-refractivity contribution >= 4 is 11.8 Å². The Morgan fingerprint density at radius 3 is 2.82 bits per heavy atom. The summed E-state index contributed by atoms with van der Waals surface area (Å²) in [5.74, 6) is -0.671. The Hall–Kier alpha value is -1.95. The Kier molecular flexibility index (Phi) is 5.89. The second kappa shape index (κ2) is 7.89. The molecule has 0 radical (unpaired) electrons. The number of nitrogens with zero attached hydrogens (tertiary/aromatic N) is 1. The highest BCUT2D eigenvalue weighted by atomic mass is 19.1. The molecule has 0 aliphatic carbocycles. The maximum atomic E-state index is 12.8. The van der Waals surface area contributed by atoms with Crippen molar-refractivity contribution in [2.75, 3.05) is 33.4 Å². The standard InChI is InChI=1S/C16H21FN2O3/c1-22-9-7-18-16(21)13-10-15(20)19(11-13)8-6-12-2-4-14(17)5-3-12/h2-5,13H,6-11H2,1H3,(H,18,21). The molecule has 2 amide bonds. The third kappa shape index (κ3) is 4.53. The molecule has 0 bridgehead atoms. The molecule has 1 heterocycles. The molecule has 1 saturated heterocycles. The lowest BCUT2D eigenvalue weighted by molar-refractivity contribution is -0.129. The van der Waals surface area contributed by atoms with E-state index >= 15 is 0 Å². The SMILES string of the molecule is COCCNC(=O)C1CC(=O)N(CCc2ccc(F)cc2)C1. The van der Waals surface area contributed by atoms with Gasteiger partial charge in [0.25, 0.3) is 0 Å². The van der Waals surface area contributed by atoms with Crippen LogP contribution in [0.1, 0.15) is 12.0 Å². The number of hydrogen-bond acceptors (Lipinski definition) is 3. The van der Waals surface area contributed by atoms with Gasteiger partial charge in [-0.1, -0.05) is 12.1 Å². The largest absolute Gasteiger partial charge is 0.383 e. The lowest BCUT2D eigenvalue weighted by atomic mass is 10.1. The number of ether oxygens (including phenoxy) is 1. The van der Waals surface area contributed by atoms with Crippen LogP contribution in [0, 0.1) is 11.7 Å². The number of carbonyl (C=O) groups is 2. The fourth-order valence-electron chi connectivity index (χ4n) is 2.50. The monoisotopic (exact) mass is 308 g/mol. The summed E-state index contributed by atoms with van der Waals surface area (Å²) in [6.07, 6.45) is 0.909. The molecular formula is C16H21FN2O3. The Morgan fingerprint density at radius 1 is 1.41 bits per heavy atom. The van der Waals surface area contributed by atoms with Crippen molar-refractivity contribution < 1.29 is 18.7 Å². The summed E-state index contributed by atoms with van der Waals surface area (Å²) in [7, 11) is 1.57. The van der Waals surface area contributed by atoms with Gasteiger partial charge in [-0.25, -0.2) is 4.39 Å². The summed E-state index contributed by atoms with van der Waals surface area (Å²) in [6, 6.07) is 6.25. The minimum atomic E-state index is -0.294. The summed E-state index contributed by atoms with van der Waals surface area (Å²) in [5.41, 5.74) is 0.974. The van der Waals surface area contributed by atoms with Gasteiger partial charge < -0.3 is 15.0 Å². The molecule has 120 valence electrons. The molecule has 5 nitrogen and oxygen atoms in total. The molecule has 1 N–H and O–H groups in total. The van der Waals surface area contributed by atoms with Gasteiger partial charge in [-0.2, -0.15) is 0 Å². The van der Waals surface area contributed by atoms with E-state index in [0.717, 1.165) is 5.56 Å². The van der Waals surface area contributed by atoms with E-state index in [2.05, 4.69) is 5.32 Å². The molecule has 1 aliphatic heterocycles. The average molecular weight is 308 g/mol. The van der Waals surface area contributed by atoms with Gasteiger partial charge in [0.05, 0.1) is 12.5 Å². The first-order valence-corrected chi connectivity index (χ1v) is 7.39. The molecular weight excluding hydrogens is 287 g/mol. The van der Waals surface area contributed by atoms with E-state index in [1.807, 2.05) is 0 Å². The molecule has 1 atom stereocenters. The van der Waals surface area contributed by atoms with Crippen LogP contribution in [0.3, 0.4) is 0 Å². The second-order valence-corrected chi connectivity index (χ2v) is 5.40. The van der Waals surface area contributed by atoms with Gasteiger partial charge in [0.1, 0.15) is 5.82 Å². The zero-order chi connectivity index (χ0) is 15.9. The van der Waals surface area contributed by atoms with E-state index in [4.69, 9.17) is 4.74 Å². The fraction of sp³-hybridized carbons (Fsp3) is 0.500. The molecule has 1 unspecified atom stereocenters. The predicted octanol–water partition coefficient (Wildman–Crippen LogP) is 0.979. The number of carbonyl (C=O) groups excluding carboxylic acids is 2. The smallest absolute Gasteiger partial charge is 0.225 e. The maximum Gasteiger partial charge on any atom is 0.225 e. The molecule has 1 aromatic rings. The third-order valence-electron chi connectivity index (χ3n) is 3.77. The number of nitrogens with one attached hydrogen (secondary N) is 1. The van der Waals surface area contributed by atoms with Crippen molar-refractivity contribution in [3.63, 3.8) is 0 Å². The number of hydrogen-bond donors (Lipinski definition) is 1. The molecule has 6 heteroatoms. The van der Waals surface area contributed by atoms with Crippen molar-refractivity contribution in [1.29, 1.82) is 0 Å². The topological polar surface area (TPSA) is 58.6 Å². The highest BCUT2D eigenvalue weighted by molar-refractivity contribution is 5.89. The first-order chi connectivity index (χ1) is 10.6. The van der Waals surface area contributed by atoms with Crippen LogP contribution in [0.15, 0.2) is 24.3 Å². The predicted molar refractivity (Wildman–Crippen MR) is 79.7 cm³/mol. The van der Waals surface area contributed by atoms with Gasteiger partial charge in [0.15, 0.2) is 0 Å². The van der Waals surface area contributed by atoms with E-state index in [9.17, 15) is 14.0 Å². The molecule has 1 aromatic carbocycles. The Balaban J connectivity index is 1.79. The van der Waals surface area contributed by atoms with E-state index in [-0.39, 0.29) is 30.0 Å². The van der Waals surface area contributed by atoms with Crippen molar-refractivity contribution in [1.82, 2.24) is 10.2 Å². The quantitative estimate of drug-likeness (QED) is 0.764. The van der Waals surface area contributed by atoms with Crippen molar-refractivity contribution in [3.05, 3.63) is 35.6 Å². The van der Waals surface area contributed by atoms with Crippen LogP contribution in [-0.4, -0.2) is 50.1 Å². The number of halogens is 1. The lowest BCUT2D eigenvalue weighted by Crippen LogP contribution is -2.35. The van der Waals surface area contributed by atoms with E-state index in [1.165, 1.54) is 12.1 Å². The summed E-state index contributed by atoms with van der Waals surface area (Å²) in [4.78, 5) is 25.6. The van der Waals surface area contributed by atoms with E-state index < -0.39 is 0 Å². The fourth-order valence-corrected chi connectivity index (χ4v) is 2.50. The minimum absolute atomic E-state index is 0.00555. The first kappa shape index (κ1) is 16.4. The van der Waals surface area contributed by atoms with Gasteiger partial charge in [0, 0.05) is 33.2 Å². The molecule has 0 spiro atoms. The highest BCUT2D eigenvalue weighted by Gasteiger charge is 2.33. The molecule has 1 aliphatic rings. The lowest BCUT2D eigenvalue weighted by Gasteiger charge is -2.16. The Morgan fingerprint density at radius 2 is 2.14 bits per heavy atom. The average Bonchev–Trinajstić information content (AvgIpc) is 2.88. The molecule has 1 fully saturated rings. The second-order valence-electron chi connectivity index (χ2n) is 5.40. The maximum absolute atomic E-state index is 12.8. The number of benzene rings is 1. The Labute approximate surface area is 129 Å². The van der Waals surface area contributed by atoms with Crippen LogP contribution in [0.25, 0.3) is 0 Å². The molecule has 22 heavy (non-hydrogen) atoms. The van der Waals surface area contributed by atoms with Crippen LogP contribution in [0.5, 0.6) is 0 Å². The summed E-state index contributed by atoms with van der Waals surface area (Å²) < 4.78 is 17.7. The summed E-state index contributed by atoms with van der Waals surface area (Å²) in [6.45, 7) is 1.90. The van der Waals surface area contributed by atoms with Crippen LogP contribution >= 0.6 is 0 Å². The van der Waals surface area contributed by atoms with Gasteiger partial charge in [-0.15, -0.1) is 0 Å². The first-order valence-electron chi connectivity index (χ1n) is 7.39. The van der Waals surface area contributed by atoms with Crippen molar-refractivity contribution in [3.8, 4) is 0 Å². The number of rotatable bonds is 7.